The highest BCUT2D eigenvalue weighted by atomic mass is 31.2. The van der Waals surface area contributed by atoms with Crippen LogP contribution in [0, 0.1) is 0 Å². The number of rotatable bonds is 6. The normalized spacial score (nSPS) is 15.6. The Morgan fingerprint density at radius 2 is 1.50 bits per heavy atom. The smallest absolute Gasteiger partial charge is 0.398 e. The van der Waals surface area contributed by atoms with E-state index < -0.39 is 7.75 Å². The van der Waals surface area contributed by atoms with Crippen molar-refractivity contribution in [1.29, 1.82) is 0 Å². The third-order valence-corrected chi connectivity index (χ3v) is 4.35. The van der Waals surface area contributed by atoms with Crippen molar-refractivity contribution in [3.8, 4) is 11.5 Å². The second-order valence-electron chi connectivity index (χ2n) is 5.08. The van der Waals surface area contributed by atoms with E-state index in [0.29, 0.717) is 17.2 Å². The van der Waals surface area contributed by atoms with Crippen molar-refractivity contribution in [1.82, 2.24) is 5.06 Å². The standard InChI is InChI=1S/C18H16N3O4P/c22-21-14-8-7-9-16(21)15-19-20-26(23,24-17-10-3-1-4-11-17)25-18-12-5-2-6-13-18/h1-15,22H/b16-15+,20-19?. The highest BCUT2D eigenvalue weighted by molar-refractivity contribution is 7.53. The van der Waals surface area contributed by atoms with Crippen molar-refractivity contribution in [2.75, 3.05) is 0 Å². The summed E-state index contributed by atoms with van der Waals surface area (Å²) in [6.07, 6.45) is 7.66. The Bertz CT molecular complexity index is 850. The Hall–Kier alpha value is -3.15. The van der Waals surface area contributed by atoms with E-state index in [2.05, 4.69) is 10.00 Å². The van der Waals surface area contributed by atoms with E-state index in [4.69, 9.17) is 9.05 Å². The molecule has 0 atom stereocenters. The highest BCUT2D eigenvalue weighted by Crippen LogP contribution is 2.50. The molecule has 0 spiro atoms. The Labute approximate surface area is 150 Å². The Balaban J connectivity index is 1.83. The first-order valence-electron chi connectivity index (χ1n) is 7.69. The Morgan fingerprint density at radius 3 is 2.04 bits per heavy atom. The van der Waals surface area contributed by atoms with E-state index in [9.17, 15) is 9.77 Å². The second-order valence-corrected chi connectivity index (χ2v) is 6.56. The molecule has 0 unspecified atom stereocenters. The maximum Gasteiger partial charge on any atom is 0.581 e. The lowest BCUT2D eigenvalue weighted by molar-refractivity contribution is -0.000518. The number of hydrogen-bond donors (Lipinski definition) is 1. The molecule has 1 aliphatic rings. The van der Waals surface area contributed by atoms with Gasteiger partial charge in [0.2, 0.25) is 0 Å². The summed E-state index contributed by atoms with van der Waals surface area (Å²) in [4.78, 5) is 3.74. The topological polar surface area (TPSA) is 83.7 Å². The molecular weight excluding hydrogens is 353 g/mol. The van der Waals surface area contributed by atoms with Crippen LogP contribution in [0.4, 0.5) is 0 Å². The molecule has 132 valence electrons. The van der Waals surface area contributed by atoms with Crippen LogP contribution in [-0.4, -0.2) is 10.3 Å². The molecule has 0 bridgehead atoms. The molecule has 0 aromatic heterocycles. The van der Waals surface area contributed by atoms with Crippen LogP contribution in [0.5, 0.6) is 11.5 Å². The van der Waals surface area contributed by atoms with Gasteiger partial charge in [-0.25, -0.2) is 9.63 Å². The number of benzene rings is 2. The fourth-order valence-electron chi connectivity index (χ4n) is 1.98. The average Bonchev–Trinajstić information content (AvgIpc) is 2.65. The third kappa shape index (κ3) is 4.92. The van der Waals surface area contributed by atoms with E-state index in [0.717, 1.165) is 5.06 Å². The zero-order valence-corrected chi connectivity index (χ0v) is 14.5. The van der Waals surface area contributed by atoms with Crippen LogP contribution in [0.15, 0.2) is 107 Å². The number of hydroxylamine groups is 2. The summed E-state index contributed by atoms with van der Waals surface area (Å²) in [5, 5.41) is 14.3. The fraction of sp³-hybridized carbons (Fsp3) is 0. The monoisotopic (exact) mass is 369 g/mol. The molecule has 0 saturated heterocycles. The van der Waals surface area contributed by atoms with Gasteiger partial charge in [0, 0.05) is 6.20 Å². The van der Waals surface area contributed by atoms with Crippen molar-refractivity contribution < 1.29 is 18.8 Å². The minimum Gasteiger partial charge on any atom is -0.398 e. The maximum atomic E-state index is 13.0. The Kier molecular flexibility index (Phi) is 5.63. The van der Waals surface area contributed by atoms with Crippen LogP contribution in [-0.2, 0) is 4.57 Å². The van der Waals surface area contributed by atoms with Gasteiger partial charge in [0.1, 0.15) is 11.5 Å². The molecule has 0 radical (unpaired) electrons. The van der Waals surface area contributed by atoms with E-state index in [1.165, 1.54) is 12.4 Å². The van der Waals surface area contributed by atoms with Gasteiger partial charge in [-0.05, 0) is 36.4 Å². The molecule has 1 aliphatic heterocycles. The van der Waals surface area contributed by atoms with Crippen molar-refractivity contribution >= 4 is 7.75 Å². The number of allylic oxidation sites excluding steroid dienone is 3. The van der Waals surface area contributed by atoms with Gasteiger partial charge in [-0.2, -0.15) is 0 Å². The molecule has 2 aromatic rings. The van der Waals surface area contributed by atoms with Gasteiger partial charge in [0.25, 0.3) is 0 Å². The first kappa shape index (κ1) is 17.7. The van der Waals surface area contributed by atoms with Crippen molar-refractivity contribution in [3.63, 3.8) is 0 Å². The molecule has 3 rings (SSSR count). The summed E-state index contributed by atoms with van der Waals surface area (Å²) >= 11 is 0. The fourth-order valence-corrected chi connectivity index (χ4v) is 3.05. The zero-order valence-electron chi connectivity index (χ0n) is 13.6. The molecule has 26 heavy (non-hydrogen) atoms. The van der Waals surface area contributed by atoms with E-state index in [-0.39, 0.29) is 0 Å². The summed E-state index contributed by atoms with van der Waals surface area (Å²) < 4.78 is 23.9. The second kappa shape index (κ2) is 8.29. The van der Waals surface area contributed by atoms with E-state index >= 15 is 0 Å². The average molecular weight is 369 g/mol. The minimum atomic E-state index is -3.98. The molecule has 1 heterocycles. The van der Waals surface area contributed by atoms with Gasteiger partial charge in [-0.1, -0.05) is 47.4 Å². The summed E-state index contributed by atoms with van der Waals surface area (Å²) in [5.41, 5.74) is 0.349. The Morgan fingerprint density at radius 1 is 0.923 bits per heavy atom. The van der Waals surface area contributed by atoms with Crippen molar-refractivity contribution in [2.45, 2.75) is 0 Å². The van der Waals surface area contributed by atoms with Crippen molar-refractivity contribution in [2.24, 2.45) is 10.00 Å². The van der Waals surface area contributed by atoms with Crippen LogP contribution >= 0.6 is 7.75 Å². The van der Waals surface area contributed by atoms with Crippen molar-refractivity contribution in [3.05, 3.63) is 97.0 Å². The molecule has 7 nitrogen and oxygen atoms in total. The van der Waals surface area contributed by atoms with Gasteiger partial charge >= 0.3 is 7.75 Å². The minimum absolute atomic E-state index is 0.336. The van der Waals surface area contributed by atoms with Gasteiger partial charge in [-0.15, -0.1) is 5.11 Å². The van der Waals surface area contributed by atoms with Crippen LogP contribution < -0.4 is 9.05 Å². The van der Waals surface area contributed by atoms with Crippen LogP contribution in [0.25, 0.3) is 0 Å². The lowest BCUT2D eigenvalue weighted by Gasteiger charge is -2.15. The van der Waals surface area contributed by atoms with Gasteiger partial charge in [0.05, 0.1) is 11.9 Å². The molecule has 1 N–H and O–H groups in total. The molecule has 8 heteroatoms. The summed E-state index contributed by atoms with van der Waals surface area (Å²) in [6, 6.07) is 17.1. The number of nitrogens with zero attached hydrogens (tertiary/aromatic N) is 3. The van der Waals surface area contributed by atoms with E-state index in [1.54, 1.807) is 78.9 Å². The number of hydrogen-bond acceptors (Lipinski definition) is 6. The summed E-state index contributed by atoms with van der Waals surface area (Å²) in [5.74, 6) is 0.672. The first-order valence-corrected chi connectivity index (χ1v) is 9.19. The zero-order chi connectivity index (χ0) is 18.2. The predicted octanol–water partition coefficient (Wildman–Crippen LogP) is 5.32. The molecule has 0 fully saturated rings. The van der Waals surface area contributed by atoms with Crippen LogP contribution in [0.3, 0.4) is 0 Å². The molecule has 0 amide bonds. The SMILES string of the molecule is O=P(N=N/C=C1\C=CC=CN1O)(Oc1ccccc1)Oc1ccccc1. The van der Waals surface area contributed by atoms with E-state index in [1.807, 2.05) is 0 Å². The lowest BCUT2D eigenvalue weighted by Crippen LogP contribution is -2.10. The van der Waals surface area contributed by atoms with Crippen LogP contribution in [0.1, 0.15) is 0 Å². The predicted molar refractivity (Wildman–Crippen MR) is 96.6 cm³/mol. The third-order valence-electron chi connectivity index (χ3n) is 3.15. The highest BCUT2D eigenvalue weighted by Gasteiger charge is 2.28. The molecule has 2 aromatic carbocycles. The number of para-hydroxylation sites is 2. The first-order chi connectivity index (χ1) is 12.6. The molecular formula is C18H16N3O4P. The molecule has 0 aliphatic carbocycles. The summed E-state index contributed by atoms with van der Waals surface area (Å²) in [7, 11) is -3.98. The van der Waals surface area contributed by atoms with Crippen LogP contribution in [0.2, 0.25) is 0 Å². The van der Waals surface area contributed by atoms with Gasteiger partial charge in [0.15, 0.2) is 0 Å². The quantitative estimate of drug-likeness (QED) is 0.550. The largest absolute Gasteiger partial charge is 0.581 e. The van der Waals surface area contributed by atoms with Gasteiger partial charge in [-0.3, -0.25) is 5.21 Å². The molecule has 0 saturated carbocycles. The maximum absolute atomic E-state index is 13.0. The summed E-state index contributed by atoms with van der Waals surface area (Å²) in [6.45, 7) is 0. The lowest BCUT2D eigenvalue weighted by atomic mass is 10.3. The van der Waals surface area contributed by atoms with Gasteiger partial charge < -0.3 is 9.05 Å².